The molecule has 0 saturated heterocycles. The van der Waals surface area contributed by atoms with Crippen molar-refractivity contribution in [2.24, 2.45) is 0 Å². The molecule has 0 fully saturated rings. The van der Waals surface area contributed by atoms with Crippen molar-refractivity contribution in [3.63, 3.8) is 0 Å². The second kappa shape index (κ2) is 12.5. The zero-order valence-electron chi connectivity index (χ0n) is 17.1. The highest BCUT2D eigenvalue weighted by atomic mass is 35.5. The van der Waals surface area contributed by atoms with Gasteiger partial charge in [0, 0.05) is 23.3 Å². The molecule has 2 rings (SSSR count). The number of aromatic nitrogens is 3. The highest BCUT2D eigenvalue weighted by molar-refractivity contribution is 8.76. The quantitative estimate of drug-likeness (QED) is 0.250. The molecule has 0 unspecified atom stereocenters. The Morgan fingerprint density at radius 2 is 1.82 bits per heavy atom. The van der Waals surface area contributed by atoms with Gasteiger partial charge in [0.25, 0.3) is 5.62 Å². The van der Waals surface area contributed by atoms with Gasteiger partial charge in [-0.3, -0.25) is 10.2 Å². The van der Waals surface area contributed by atoms with Crippen molar-refractivity contribution in [2.45, 2.75) is 0 Å². The Morgan fingerprint density at radius 1 is 1.18 bits per heavy atom. The lowest BCUT2D eigenvalue weighted by Gasteiger charge is -2.11. The molecule has 16 heteroatoms. The molecule has 33 heavy (non-hydrogen) atoms. The van der Waals surface area contributed by atoms with Crippen LogP contribution in [0.2, 0.25) is 10.0 Å². The SMILES string of the molecule is CS(=O)(=O)CC(=O)OCCSSCCOC(=O)n1nc(-c2cccc(Cl)c2Cl)c(N)nc1=N. The van der Waals surface area contributed by atoms with Crippen molar-refractivity contribution in [1.29, 1.82) is 5.41 Å². The Kier molecular flexibility index (Phi) is 10.3. The lowest BCUT2D eigenvalue weighted by molar-refractivity contribution is -0.139. The second-order valence-corrected chi connectivity index (χ2v) is 11.9. The Bertz CT molecular complexity index is 1190. The lowest BCUT2D eigenvalue weighted by Crippen LogP contribution is -2.34. The zero-order valence-corrected chi connectivity index (χ0v) is 21.1. The third-order valence-electron chi connectivity index (χ3n) is 3.53. The van der Waals surface area contributed by atoms with Crippen LogP contribution in [0.4, 0.5) is 10.6 Å². The summed E-state index contributed by atoms with van der Waals surface area (Å²) in [6.07, 6.45) is 0.0258. The molecule has 0 atom stereocenters. The third kappa shape index (κ3) is 8.70. The van der Waals surface area contributed by atoms with Crippen molar-refractivity contribution >= 4 is 72.5 Å². The van der Waals surface area contributed by atoms with E-state index in [2.05, 4.69) is 10.1 Å². The summed E-state index contributed by atoms with van der Waals surface area (Å²) in [5, 5.41) is 12.3. The number of hydrogen-bond acceptors (Lipinski definition) is 12. The molecule has 0 aliphatic carbocycles. The predicted octanol–water partition coefficient (Wildman–Crippen LogP) is 2.27. The van der Waals surface area contributed by atoms with E-state index in [1.165, 1.54) is 21.6 Å². The van der Waals surface area contributed by atoms with Crippen LogP contribution in [0.3, 0.4) is 0 Å². The number of benzene rings is 1. The van der Waals surface area contributed by atoms with Crippen LogP contribution in [0.5, 0.6) is 0 Å². The highest BCUT2D eigenvalue weighted by Crippen LogP contribution is 2.33. The molecule has 0 spiro atoms. The number of rotatable bonds is 10. The molecule has 11 nitrogen and oxygen atoms in total. The van der Waals surface area contributed by atoms with Crippen LogP contribution >= 0.6 is 44.8 Å². The fraction of sp³-hybridized carbons (Fsp3) is 0.353. The Balaban J connectivity index is 1.83. The van der Waals surface area contributed by atoms with Crippen molar-refractivity contribution in [2.75, 3.05) is 42.5 Å². The first-order valence-electron chi connectivity index (χ1n) is 9.00. The van der Waals surface area contributed by atoms with Crippen LogP contribution in [0.1, 0.15) is 0 Å². The van der Waals surface area contributed by atoms with Gasteiger partial charge in [-0.1, -0.05) is 56.9 Å². The maximum Gasteiger partial charge on any atom is 0.438 e. The smallest absolute Gasteiger partial charge is 0.438 e. The summed E-state index contributed by atoms with van der Waals surface area (Å²) in [6.45, 7) is 0.0653. The van der Waals surface area contributed by atoms with Crippen molar-refractivity contribution in [1.82, 2.24) is 14.8 Å². The first kappa shape index (κ1) is 27.2. The number of halogens is 2. The molecule has 1 heterocycles. The van der Waals surface area contributed by atoms with E-state index < -0.39 is 33.3 Å². The van der Waals surface area contributed by atoms with E-state index in [1.807, 2.05) is 0 Å². The monoisotopic (exact) mass is 555 g/mol. The molecule has 0 amide bonds. The van der Waals surface area contributed by atoms with E-state index >= 15 is 0 Å². The van der Waals surface area contributed by atoms with Crippen LogP contribution in [0, 0.1) is 5.41 Å². The largest absolute Gasteiger partial charge is 0.464 e. The van der Waals surface area contributed by atoms with Crippen molar-refractivity contribution in [3.8, 4) is 11.3 Å². The minimum Gasteiger partial charge on any atom is -0.464 e. The molecule has 0 bridgehead atoms. The van der Waals surface area contributed by atoms with Gasteiger partial charge in [0.15, 0.2) is 15.7 Å². The molecular formula is C17H19Cl2N5O6S3. The van der Waals surface area contributed by atoms with Gasteiger partial charge in [-0.05, 0) is 6.07 Å². The molecule has 0 radical (unpaired) electrons. The summed E-state index contributed by atoms with van der Waals surface area (Å²) in [7, 11) is -0.714. The summed E-state index contributed by atoms with van der Waals surface area (Å²) in [5.41, 5.74) is 5.75. The number of nitrogens with zero attached hydrogens (tertiary/aromatic N) is 3. The molecule has 3 N–H and O–H groups in total. The van der Waals surface area contributed by atoms with E-state index in [-0.39, 0.29) is 34.8 Å². The summed E-state index contributed by atoms with van der Waals surface area (Å²) in [6, 6.07) is 4.80. The average molecular weight is 556 g/mol. The molecule has 0 saturated carbocycles. The number of anilines is 1. The normalized spacial score (nSPS) is 11.2. The third-order valence-corrected chi connectivity index (χ3v) is 7.45. The number of esters is 1. The highest BCUT2D eigenvalue weighted by Gasteiger charge is 2.18. The number of sulfone groups is 1. The van der Waals surface area contributed by atoms with Gasteiger partial charge >= 0.3 is 12.1 Å². The van der Waals surface area contributed by atoms with Gasteiger partial charge < -0.3 is 15.2 Å². The van der Waals surface area contributed by atoms with E-state index in [0.29, 0.717) is 21.8 Å². The number of hydrogen-bond donors (Lipinski definition) is 2. The van der Waals surface area contributed by atoms with E-state index in [9.17, 15) is 18.0 Å². The molecule has 180 valence electrons. The standard InChI is InChI=1S/C17H19Cl2N5O6S3/c1-33(27,28)9-12(25)29-5-7-31-32-8-6-30-17(26)24-16(21)22-15(20)14(23-24)10-3-2-4-11(18)13(10)19/h2-4H,5-9H2,1H3,(H3,20,21,22). The van der Waals surface area contributed by atoms with Crippen molar-refractivity contribution in [3.05, 3.63) is 33.9 Å². The maximum atomic E-state index is 12.3. The molecule has 1 aromatic heterocycles. The fourth-order valence-electron chi connectivity index (χ4n) is 2.21. The summed E-state index contributed by atoms with van der Waals surface area (Å²) >= 11 is 12.2. The van der Waals surface area contributed by atoms with Gasteiger partial charge in [0.2, 0.25) is 0 Å². The fourth-order valence-corrected chi connectivity index (χ4v) is 4.76. The number of nitrogens with one attached hydrogen (secondary N) is 1. The van der Waals surface area contributed by atoms with E-state index in [0.717, 1.165) is 6.26 Å². The molecule has 1 aromatic carbocycles. The summed E-state index contributed by atoms with van der Waals surface area (Å²) < 4.78 is 32.5. The topological polar surface area (TPSA) is 167 Å². The first-order chi connectivity index (χ1) is 15.5. The van der Waals surface area contributed by atoms with Gasteiger partial charge in [0.1, 0.15) is 24.7 Å². The van der Waals surface area contributed by atoms with Gasteiger partial charge in [-0.2, -0.15) is 10.1 Å². The Labute approximate surface area is 207 Å². The van der Waals surface area contributed by atoms with Crippen LogP contribution in [-0.4, -0.2) is 72.0 Å². The summed E-state index contributed by atoms with van der Waals surface area (Å²) in [4.78, 5) is 27.4. The second-order valence-electron chi connectivity index (χ2n) is 6.23. The first-order valence-corrected chi connectivity index (χ1v) is 14.3. The zero-order chi connectivity index (χ0) is 24.6. The molecule has 2 aromatic rings. The van der Waals surface area contributed by atoms with Crippen LogP contribution < -0.4 is 11.4 Å². The Morgan fingerprint density at radius 3 is 2.45 bits per heavy atom. The van der Waals surface area contributed by atoms with E-state index in [4.69, 9.17) is 43.8 Å². The minimum atomic E-state index is -3.42. The molecular weight excluding hydrogens is 537 g/mol. The number of carbonyl (C=O) groups excluding carboxylic acids is 2. The molecule has 0 aliphatic rings. The van der Waals surface area contributed by atoms with Crippen LogP contribution in [0.15, 0.2) is 18.2 Å². The summed E-state index contributed by atoms with van der Waals surface area (Å²) in [5.74, 6) is -0.736. The maximum absolute atomic E-state index is 12.3. The number of nitrogen functional groups attached to an aromatic ring is 1. The van der Waals surface area contributed by atoms with Crippen LogP contribution in [-0.2, 0) is 24.1 Å². The van der Waals surface area contributed by atoms with Gasteiger partial charge in [-0.15, -0.1) is 4.68 Å². The number of nitrogens with two attached hydrogens (primary N) is 1. The lowest BCUT2D eigenvalue weighted by atomic mass is 10.1. The predicted molar refractivity (Wildman–Crippen MR) is 128 cm³/mol. The molecule has 0 aliphatic heterocycles. The average Bonchev–Trinajstić information content (AvgIpc) is 2.71. The Hall–Kier alpha value is -2.00. The van der Waals surface area contributed by atoms with Gasteiger partial charge in [0.05, 0.1) is 10.0 Å². The number of carbonyl (C=O) groups is 2. The van der Waals surface area contributed by atoms with Crippen LogP contribution in [0.25, 0.3) is 11.3 Å². The van der Waals surface area contributed by atoms with Gasteiger partial charge in [-0.25, -0.2) is 13.2 Å². The minimum absolute atomic E-state index is 0.0100. The number of ether oxygens (including phenoxy) is 2. The van der Waals surface area contributed by atoms with E-state index in [1.54, 1.807) is 18.2 Å². The van der Waals surface area contributed by atoms with Crippen molar-refractivity contribution < 1.29 is 27.5 Å².